The molecule has 0 amide bonds. The van der Waals surface area contributed by atoms with Crippen molar-refractivity contribution in [2.24, 2.45) is 0 Å². The summed E-state index contributed by atoms with van der Waals surface area (Å²) in [6, 6.07) is 16.9. The minimum Gasteiger partial charge on any atom is -0.398 e. The van der Waals surface area contributed by atoms with E-state index in [1.807, 2.05) is 0 Å². The largest absolute Gasteiger partial charge is 0.522 e. The molecule has 9 nitrogen and oxygen atoms in total. The summed E-state index contributed by atoms with van der Waals surface area (Å²) in [5, 5.41) is 0. The van der Waals surface area contributed by atoms with E-state index in [-0.39, 0.29) is 21.1 Å². The molecule has 0 aromatic heterocycles. The van der Waals surface area contributed by atoms with Gasteiger partial charge in [-0.15, -0.1) is 0 Å². The maximum atomic E-state index is 10.7. The summed E-state index contributed by atoms with van der Waals surface area (Å²) in [5.41, 5.74) is 0.225. The molecule has 2 aromatic carbocycles. The molecule has 18 heteroatoms. The molecule has 0 atom stereocenters. The average molecular weight is 798 g/mol. The van der Waals surface area contributed by atoms with Gasteiger partial charge in [0.1, 0.15) is 0 Å². The summed E-state index contributed by atoms with van der Waals surface area (Å²) in [6.45, 7) is 16.8. The van der Waals surface area contributed by atoms with Crippen molar-refractivity contribution in [2.75, 3.05) is 33.2 Å². The Hall–Kier alpha value is -1.75. The van der Waals surface area contributed by atoms with Crippen molar-refractivity contribution in [1.82, 2.24) is 0 Å². The van der Waals surface area contributed by atoms with Gasteiger partial charge >= 0.3 is 31.3 Å². The normalized spacial score (nSPS) is 11.7. The van der Waals surface area contributed by atoms with Gasteiger partial charge in [0.05, 0.1) is 13.2 Å². The molecule has 2 rings (SSSR count). The summed E-state index contributed by atoms with van der Waals surface area (Å²) in [4.78, 5) is 0. The van der Waals surface area contributed by atoms with Gasteiger partial charge in [0.2, 0.25) is 0 Å². The standard InChI is InChI=1S/C12H19N.C10H14.C4H10O2.2CHF3O3S.Mo/c1-8(2)10-6-5-7-11(9(3)4)12(10)13;1-10(2,3)9-7-5-4-6-8-9;1-5-3-4-6-2;2*2-1(3,4)8(5,6)7;/h5-9H,13H2,1-4H3;4-8H,1-3H3;3-4H2,1-2H3;2*(H,5,6,7);. The molecule has 270 valence electrons. The van der Waals surface area contributed by atoms with Crippen molar-refractivity contribution in [1.29, 1.82) is 0 Å². The van der Waals surface area contributed by atoms with Crippen LogP contribution in [0.2, 0.25) is 0 Å². The van der Waals surface area contributed by atoms with Crippen LogP contribution in [-0.4, -0.2) is 64.4 Å². The number of anilines is 1. The third-order valence-corrected chi connectivity index (χ3v) is 6.30. The van der Waals surface area contributed by atoms with Crippen LogP contribution < -0.4 is 5.73 Å². The number of methoxy groups -OCH3 is 2. The minimum absolute atomic E-state index is 0. The third kappa shape index (κ3) is 23.5. The van der Waals surface area contributed by atoms with Crippen LogP contribution in [0.25, 0.3) is 0 Å². The Morgan fingerprint density at radius 2 is 0.957 bits per heavy atom. The summed E-state index contributed by atoms with van der Waals surface area (Å²) >= 11 is 0. The van der Waals surface area contributed by atoms with E-state index >= 15 is 0 Å². The van der Waals surface area contributed by atoms with Gasteiger partial charge in [-0.2, -0.15) is 43.2 Å². The second kappa shape index (κ2) is 22.8. The average Bonchev–Trinajstić information content (AvgIpc) is 2.86. The van der Waals surface area contributed by atoms with Gasteiger partial charge in [0, 0.05) is 41.0 Å². The van der Waals surface area contributed by atoms with Crippen molar-refractivity contribution in [3.05, 3.63) is 65.2 Å². The van der Waals surface area contributed by atoms with Crippen LogP contribution in [0.1, 0.15) is 77.0 Å². The van der Waals surface area contributed by atoms with Crippen molar-refractivity contribution >= 4 is 25.9 Å². The molecule has 2 aromatic rings. The molecule has 0 bridgehead atoms. The van der Waals surface area contributed by atoms with E-state index in [1.165, 1.54) is 16.7 Å². The fourth-order valence-corrected chi connectivity index (χ4v) is 2.71. The number of benzene rings is 2. The predicted molar refractivity (Wildman–Crippen MR) is 163 cm³/mol. The number of para-hydroxylation sites is 1. The first kappa shape index (κ1) is 51.1. The van der Waals surface area contributed by atoms with Gasteiger partial charge in [-0.3, -0.25) is 9.11 Å². The maximum absolute atomic E-state index is 10.7. The molecule has 4 N–H and O–H groups in total. The number of halogens is 6. The van der Waals surface area contributed by atoms with E-state index < -0.39 is 31.3 Å². The Bertz CT molecular complexity index is 1230. The molecule has 0 aliphatic heterocycles. The maximum Gasteiger partial charge on any atom is 0.522 e. The molecule has 46 heavy (non-hydrogen) atoms. The van der Waals surface area contributed by atoms with E-state index in [9.17, 15) is 26.3 Å². The summed E-state index contributed by atoms with van der Waals surface area (Å²) in [7, 11) is -8.38. The molecule has 0 unspecified atom stereocenters. The van der Waals surface area contributed by atoms with Crippen LogP contribution in [0.5, 0.6) is 0 Å². The molecule has 0 aliphatic carbocycles. The fourth-order valence-electron chi connectivity index (χ4n) is 2.71. The Morgan fingerprint density at radius 1 is 0.674 bits per heavy atom. The van der Waals surface area contributed by atoms with E-state index in [0.29, 0.717) is 30.5 Å². The quantitative estimate of drug-likeness (QED) is 0.0695. The van der Waals surface area contributed by atoms with Gasteiger partial charge in [0.25, 0.3) is 0 Å². The zero-order valence-corrected chi connectivity index (χ0v) is 30.7. The van der Waals surface area contributed by atoms with E-state index in [4.69, 9.17) is 31.7 Å². The molecule has 0 fully saturated rings. The number of hydrogen-bond acceptors (Lipinski definition) is 7. The minimum atomic E-state index is -5.84. The van der Waals surface area contributed by atoms with Gasteiger partial charge in [0.15, 0.2) is 0 Å². The van der Waals surface area contributed by atoms with E-state index in [1.54, 1.807) is 14.2 Å². The van der Waals surface area contributed by atoms with Gasteiger partial charge in [-0.1, -0.05) is 97.0 Å². The van der Waals surface area contributed by atoms with E-state index in [2.05, 4.69) is 106 Å². The SMILES string of the molecule is CC(C)(C)c1ccccc1.CC(C)c1cccc(C(C)C)c1N.COCCOC.O=S(=O)(O)C(F)(F)F.O=S(=O)(O)C(F)(F)F.[Mo]. The summed E-state index contributed by atoms with van der Waals surface area (Å²) in [6.07, 6.45) is 0. The van der Waals surface area contributed by atoms with Gasteiger partial charge in [-0.05, 0) is 33.9 Å². The number of alkyl halides is 6. The first-order valence-electron chi connectivity index (χ1n) is 13.0. The first-order chi connectivity index (χ1) is 20.1. The number of ether oxygens (including phenoxy) is 2. The van der Waals surface area contributed by atoms with Crippen molar-refractivity contribution in [2.45, 2.75) is 76.7 Å². The zero-order valence-electron chi connectivity index (χ0n) is 27.1. The zero-order chi connectivity index (χ0) is 36.4. The smallest absolute Gasteiger partial charge is 0.398 e. The van der Waals surface area contributed by atoms with Gasteiger partial charge < -0.3 is 15.2 Å². The van der Waals surface area contributed by atoms with Gasteiger partial charge in [-0.25, -0.2) is 0 Å². The molecule has 0 saturated carbocycles. The number of nitrogens with two attached hydrogens (primary N) is 1. The molecular formula is C28H45F6MoNO8S2. The van der Waals surface area contributed by atoms with Crippen molar-refractivity contribution in [3.8, 4) is 0 Å². The molecule has 0 saturated heterocycles. The van der Waals surface area contributed by atoms with Crippen molar-refractivity contribution in [3.63, 3.8) is 0 Å². The van der Waals surface area contributed by atoms with Crippen LogP contribution in [0.3, 0.4) is 0 Å². The number of nitrogen functional groups attached to an aromatic ring is 1. The third-order valence-electron chi connectivity index (χ3n) is 5.13. The molecule has 0 spiro atoms. The molecule has 0 radical (unpaired) electrons. The molecular weight excluding hydrogens is 752 g/mol. The van der Waals surface area contributed by atoms with Crippen LogP contribution in [0.4, 0.5) is 32.0 Å². The monoisotopic (exact) mass is 799 g/mol. The number of hydrogen-bond donors (Lipinski definition) is 3. The second-order valence-electron chi connectivity index (χ2n) is 10.6. The number of rotatable bonds is 5. The van der Waals surface area contributed by atoms with Crippen LogP contribution >= 0.6 is 0 Å². The summed E-state index contributed by atoms with van der Waals surface area (Å²) < 4.78 is 124. The van der Waals surface area contributed by atoms with Crippen LogP contribution in [0.15, 0.2) is 48.5 Å². The van der Waals surface area contributed by atoms with E-state index in [0.717, 1.165) is 5.69 Å². The molecule has 0 aliphatic rings. The Morgan fingerprint density at radius 3 is 1.13 bits per heavy atom. The second-order valence-corrected chi connectivity index (χ2v) is 13.4. The Labute approximate surface area is 283 Å². The Kier molecular flexibility index (Phi) is 25.3. The van der Waals surface area contributed by atoms with Crippen molar-refractivity contribution < 1.29 is 82.8 Å². The first-order valence-corrected chi connectivity index (χ1v) is 15.9. The topological polar surface area (TPSA) is 153 Å². The van der Waals surface area contributed by atoms with Crippen LogP contribution in [0, 0.1) is 0 Å². The molecule has 0 heterocycles. The fraction of sp³-hybridized carbons (Fsp3) is 0.571. The predicted octanol–water partition coefficient (Wildman–Crippen LogP) is 7.56. The Balaban J connectivity index is -0.000000245. The van der Waals surface area contributed by atoms with Crippen LogP contribution in [-0.2, 0) is 56.2 Å². The summed E-state index contributed by atoms with van der Waals surface area (Å²) in [5.74, 6) is 1.03.